The largest absolute Gasteiger partial charge is 0.468 e. The second-order valence-electron chi connectivity index (χ2n) is 5.57. The van der Waals surface area contributed by atoms with Gasteiger partial charge in [0.1, 0.15) is 6.04 Å². The van der Waals surface area contributed by atoms with E-state index in [1.807, 2.05) is 19.1 Å². The van der Waals surface area contributed by atoms with Gasteiger partial charge in [0.15, 0.2) is 0 Å². The second kappa shape index (κ2) is 7.70. The molecule has 3 N–H and O–H groups in total. The molecule has 0 radical (unpaired) electrons. The standard InChI is InChI=1S/C18H21N3O3/c1-11-8-9-20-12(2)16(11)17(22)21-14-6-4-13(5-7-14)10-15(19)18(23)24-3/h4-9,15H,10,19H2,1-3H3,(H,21,22)/t15-/m0/s1. The van der Waals surface area contributed by atoms with E-state index in [0.717, 1.165) is 11.1 Å². The van der Waals surface area contributed by atoms with E-state index in [4.69, 9.17) is 5.73 Å². The summed E-state index contributed by atoms with van der Waals surface area (Å²) in [5.41, 5.74) is 9.43. The topological polar surface area (TPSA) is 94.3 Å². The Bertz CT molecular complexity index is 721. The summed E-state index contributed by atoms with van der Waals surface area (Å²) in [5.74, 6) is -0.646. The van der Waals surface area contributed by atoms with Crippen molar-refractivity contribution in [3.63, 3.8) is 0 Å². The number of nitrogens with zero attached hydrogens (tertiary/aromatic N) is 1. The lowest BCUT2D eigenvalue weighted by Gasteiger charge is -2.11. The number of carbonyl (C=O) groups excluding carboxylic acids is 2. The van der Waals surface area contributed by atoms with E-state index in [2.05, 4.69) is 15.0 Å². The van der Waals surface area contributed by atoms with Crippen LogP contribution in [0.2, 0.25) is 0 Å². The Morgan fingerprint density at radius 3 is 2.46 bits per heavy atom. The van der Waals surface area contributed by atoms with Gasteiger partial charge in [-0.2, -0.15) is 0 Å². The first-order valence-corrected chi connectivity index (χ1v) is 7.58. The Balaban J connectivity index is 2.06. The zero-order valence-electron chi connectivity index (χ0n) is 14.0. The van der Waals surface area contributed by atoms with Crippen molar-refractivity contribution in [2.75, 3.05) is 12.4 Å². The van der Waals surface area contributed by atoms with Crippen LogP contribution in [0.4, 0.5) is 5.69 Å². The van der Waals surface area contributed by atoms with Crippen LogP contribution in [-0.2, 0) is 16.0 Å². The summed E-state index contributed by atoms with van der Waals surface area (Å²) < 4.78 is 4.61. The molecule has 0 aliphatic carbocycles. The fourth-order valence-corrected chi connectivity index (χ4v) is 2.44. The number of anilines is 1. The molecule has 1 amide bonds. The molecular formula is C18H21N3O3. The number of esters is 1. The Hall–Kier alpha value is -2.73. The number of hydrogen-bond donors (Lipinski definition) is 2. The number of pyridine rings is 1. The molecule has 0 saturated heterocycles. The number of methoxy groups -OCH3 is 1. The van der Waals surface area contributed by atoms with Crippen LogP contribution in [0.5, 0.6) is 0 Å². The first-order chi connectivity index (χ1) is 11.4. The van der Waals surface area contributed by atoms with Crippen LogP contribution < -0.4 is 11.1 Å². The van der Waals surface area contributed by atoms with Crippen molar-refractivity contribution in [1.29, 1.82) is 0 Å². The van der Waals surface area contributed by atoms with Gasteiger partial charge in [0, 0.05) is 11.9 Å². The number of benzene rings is 1. The molecule has 1 atom stereocenters. The summed E-state index contributed by atoms with van der Waals surface area (Å²) >= 11 is 0. The Labute approximate surface area is 141 Å². The summed E-state index contributed by atoms with van der Waals surface area (Å²) in [5, 5.41) is 2.85. The van der Waals surface area contributed by atoms with Gasteiger partial charge < -0.3 is 15.8 Å². The minimum atomic E-state index is -0.698. The molecule has 6 nitrogen and oxygen atoms in total. The van der Waals surface area contributed by atoms with Crippen LogP contribution in [0.3, 0.4) is 0 Å². The van der Waals surface area contributed by atoms with Gasteiger partial charge in [-0.3, -0.25) is 14.6 Å². The average molecular weight is 327 g/mol. The van der Waals surface area contributed by atoms with Crippen molar-refractivity contribution < 1.29 is 14.3 Å². The molecule has 2 aromatic rings. The van der Waals surface area contributed by atoms with E-state index >= 15 is 0 Å². The Kier molecular flexibility index (Phi) is 5.65. The lowest BCUT2D eigenvalue weighted by Crippen LogP contribution is -2.33. The zero-order chi connectivity index (χ0) is 17.7. The summed E-state index contributed by atoms with van der Waals surface area (Å²) in [6.45, 7) is 3.68. The van der Waals surface area contributed by atoms with E-state index in [0.29, 0.717) is 23.4 Å². The van der Waals surface area contributed by atoms with Crippen molar-refractivity contribution >= 4 is 17.6 Å². The normalized spacial score (nSPS) is 11.7. The minimum Gasteiger partial charge on any atom is -0.468 e. The van der Waals surface area contributed by atoms with E-state index in [1.165, 1.54) is 7.11 Å². The summed E-state index contributed by atoms with van der Waals surface area (Å²) in [7, 11) is 1.31. The van der Waals surface area contributed by atoms with Crippen LogP contribution in [0.15, 0.2) is 36.5 Å². The highest BCUT2D eigenvalue weighted by molar-refractivity contribution is 6.05. The van der Waals surface area contributed by atoms with Crippen LogP contribution >= 0.6 is 0 Å². The monoisotopic (exact) mass is 327 g/mol. The molecule has 0 aliphatic rings. The Morgan fingerprint density at radius 2 is 1.88 bits per heavy atom. The van der Waals surface area contributed by atoms with Crippen molar-refractivity contribution in [3.05, 3.63) is 58.9 Å². The highest BCUT2D eigenvalue weighted by Gasteiger charge is 2.15. The van der Waals surface area contributed by atoms with Crippen LogP contribution in [-0.4, -0.2) is 30.0 Å². The average Bonchev–Trinajstić information content (AvgIpc) is 2.55. The molecule has 0 unspecified atom stereocenters. The van der Waals surface area contributed by atoms with Gasteiger partial charge in [-0.1, -0.05) is 12.1 Å². The number of aryl methyl sites for hydroxylation is 2. The van der Waals surface area contributed by atoms with Gasteiger partial charge in [-0.05, 0) is 49.6 Å². The van der Waals surface area contributed by atoms with Crippen LogP contribution in [0.1, 0.15) is 27.2 Å². The van der Waals surface area contributed by atoms with Gasteiger partial charge in [0.2, 0.25) is 0 Å². The number of rotatable bonds is 5. The van der Waals surface area contributed by atoms with Crippen molar-refractivity contribution in [3.8, 4) is 0 Å². The predicted octanol–water partition coefficient (Wildman–Crippen LogP) is 1.99. The molecule has 0 saturated carbocycles. The third-order valence-electron chi connectivity index (χ3n) is 3.75. The zero-order valence-corrected chi connectivity index (χ0v) is 14.0. The molecule has 2 rings (SSSR count). The smallest absolute Gasteiger partial charge is 0.322 e. The third kappa shape index (κ3) is 4.17. The van der Waals surface area contributed by atoms with Gasteiger partial charge in [-0.25, -0.2) is 0 Å². The Morgan fingerprint density at radius 1 is 1.21 bits per heavy atom. The maximum absolute atomic E-state index is 12.4. The molecule has 0 bridgehead atoms. The van der Waals surface area contributed by atoms with E-state index < -0.39 is 12.0 Å². The van der Waals surface area contributed by atoms with Crippen LogP contribution in [0, 0.1) is 13.8 Å². The molecule has 126 valence electrons. The first-order valence-electron chi connectivity index (χ1n) is 7.58. The van der Waals surface area contributed by atoms with Crippen molar-refractivity contribution in [1.82, 2.24) is 4.98 Å². The number of aromatic nitrogens is 1. The van der Waals surface area contributed by atoms with Crippen molar-refractivity contribution in [2.45, 2.75) is 26.3 Å². The molecule has 24 heavy (non-hydrogen) atoms. The number of carbonyl (C=O) groups is 2. The molecule has 1 aromatic carbocycles. The van der Waals surface area contributed by atoms with E-state index in [-0.39, 0.29) is 5.91 Å². The number of ether oxygens (including phenoxy) is 1. The quantitative estimate of drug-likeness (QED) is 0.819. The SMILES string of the molecule is COC(=O)[C@@H](N)Cc1ccc(NC(=O)c2c(C)ccnc2C)cc1. The fraction of sp³-hybridized carbons (Fsp3) is 0.278. The summed E-state index contributed by atoms with van der Waals surface area (Å²) in [6, 6.07) is 8.30. The molecule has 1 heterocycles. The lowest BCUT2D eigenvalue weighted by atomic mass is 10.1. The maximum Gasteiger partial charge on any atom is 0.322 e. The number of amides is 1. The molecule has 6 heteroatoms. The van der Waals surface area contributed by atoms with Gasteiger partial charge in [0.05, 0.1) is 18.4 Å². The van der Waals surface area contributed by atoms with Gasteiger partial charge in [-0.15, -0.1) is 0 Å². The van der Waals surface area contributed by atoms with E-state index in [9.17, 15) is 9.59 Å². The van der Waals surface area contributed by atoms with Gasteiger partial charge >= 0.3 is 5.97 Å². The fourth-order valence-electron chi connectivity index (χ4n) is 2.44. The van der Waals surface area contributed by atoms with Crippen LogP contribution in [0.25, 0.3) is 0 Å². The highest BCUT2D eigenvalue weighted by Crippen LogP contribution is 2.16. The first kappa shape index (κ1) is 17.6. The molecule has 0 spiro atoms. The van der Waals surface area contributed by atoms with Crippen molar-refractivity contribution in [2.24, 2.45) is 5.73 Å². The molecular weight excluding hydrogens is 306 g/mol. The molecule has 1 aromatic heterocycles. The molecule has 0 fully saturated rings. The number of hydrogen-bond acceptors (Lipinski definition) is 5. The molecule has 0 aliphatic heterocycles. The maximum atomic E-state index is 12.4. The second-order valence-corrected chi connectivity index (χ2v) is 5.57. The number of nitrogens with one attached hydrogen (secondary N) is 1. The number of nitrogens with two attached hydrogens (primary N) is 1. The summed E-state index contributed by atoms with van der Waals surface area (Å²) in [6.07, 6.45) is 2.06. The predicted molar refractivity (Wildman–Crippen MR) is 91.8 cm³/mol. The lowest BCUT2D eigenvalue weighted by molar-refractivity contribution is -0.142. The highest BCUT2D eigenvalue weighted by atomic mass is 16.5. The van der Waals surface area contributed by atoms with E-state index in [1.54, 1.807) is 31.3 Å². The summed E-state index contributed by atoms with van der Waals surface area (Å²) in [4.78, 5) is 27.9. The minimum absolute atomic E-state index is 0.197. The van der Waals surface area contributed by atoms with Gasteiger partial charge in [0.25, 0.3) is 5.91 Å². The third-order valence-corrected chi connectivity index (χ3v) is 3.75.